The van der Waals surface area contributed by atoms with E-state index in [-0.39, 0.29) is 11.5 Å². The Morgan fingerprint density at radius 2 is 2.14 bits per heavy atom. The molecule has 0 radical (unpaired) electrons. The third-order valence-corrected chi connectivity index (χ3v) is 5.70. The molecule has 4 aliphatic rings. The van der Waals surface area contributed by atoms with E-state index in [1.54, 1.807) is 14.2 Å². The molecule has 114 valence electrons. The number of piperidine rings is 1. The van der Waals surface area contributed by atoms with Crippen molar-refractivity contribution in [3.05, 3.63) is 46.7 Å². The van der Waals surface area contributed by atoms with Gasteiger partial charge in [-0.1, -0.05) is 12.1 Å². The molecule has 1 N–H and O–H groups in total. The van der Waals surface area contributed by atoms with Crippen molar-refractivity contribution in [2.45, 2.75) is 30.4 Å². The Morgan fingerprint density at radius 1 is 1.23 bits per heavy atom. The van der Waals surface area contributed by atoms with Gasteiger partial charge in [0.2, 0.25) is 0 Å². The number of benzene rings is 1. The third kappa shape index (κ3) is 1.24. The fourth-order valence-corrected chi connectivity index (χ4v) is 4.85. The smallest absolute Gasteiger partial charge is 0.169 e. The minimum absolute atomic E-state index is 0.0625. The van der Waals surface area contributed by atoms with Gasteiger partial charge in [-0.05, 0) is 42.7 Å². The van der Waals surface area contributed by atoms with Crippen LogP contribution in [0.4, 0.5) is 0 Å². The van der Waals surface area contributed by atoms with Crippen LogP contribution in [0.2, 0.25) is 0 Å². The Kier molecular flexibility index (Phi) is 2.33. The molecule has 4 heteroatoms. The predicted molar refractivity (Wildman–Crippen MR) is 82.4 cm³/mol. The van der Waals surface area contributed by atoms with Crippen LogP contribution in [0.3, 0.4) is 0 Å². The monoisotopic (exact) mass is 297 g/mol. The summed E-state index contributed by atoms with van der Waals surface area (Å²) < 4.78 is 17.6. The molecule has 1 fully saturated rings. The van der Waals surface area contributed by atoms with Crippen LogP contribution < -0.4 is 14.8 Å². The zero-order chi connectivity index (χ0) is 14.9. The number of hydrogen-bond acceptors (Lipinski definition) is 4. The van der Waals surface area contributed by atoms with E-state index in [1.807, 2.05) is 6.07 Å². The van der Waals surface area contributed by atoms with E-state index in [2.05, 4.69) is 23.5 Å². The SMILES string of the molecule is COC1=CC=C2[C@@H]3Cc4ccc(OC)c5c4[C@]2(CCN3)[C@@H]1O5. The number of rotatable bonds is 2. The maximum absolute atomic E-state index is 6.42. The molecule has 22 heavy (non-hydrogen) atoms. The average Bonchev–Trinajstić information content (AvgIpc) is 2.88. The van der Waals surface area contributed by atoms with Crippen LogP contribution >= 0.6 is 0 Å². The molecular weight excluding hydrogens is 278 g/mol. The Morgan fingerprint density at radius 3 is 2.95 bits per heavy atom. The lowest BCUT2D eigenvalue weighted by Crippen LogP contribution is -2.58. The molecule has 4 nitrogen and oxygen atoms in total. The van der Waals surface area contributed by atoms with Crippen molar-refractivity contribution in [1.29, 1.82) is 0 Å². The standard InChI is InChI=1S/C18H19NO3/c1-20-13-5-3-10-9-12-11-4-6-14(21-2)17-18(11,7-8-19-12)15(10)16(13)22-17/h3-6,12,17,19H,7-9H2,1-2H3/t12-,17+,18+/m0/s1. The van der Waals surface area contributed by atoms with Crippen LogP contribution in [0, 0.1) is 0 Å². The minimum Gasteiger partial charge on any atom is -0.497 e. The van der Waals surface area contributed by atoms with Crippen molar-refractivity contribution in [2.75, 3.05) is 20.8 Å². The Balaban J connectivity index is 1.85. The first-order valence-corrected chi connectivity index (χ1v) is 7.86. The average molecular weight is 297 g/mol. The summed E-state index contributed by atoms with van der Waals surface area (Å²) in [4.78, 5) is 0. The van der Waals surface area contributed by atoms with Crippen molar-refractivity contribution in [3.63, 3.8) is 0 Å². The lowest BCUT2D eigenvalue weighted by Gasteiger charge is -2.49. The first kappa shape index (κ1) is 12.6. The minimum atomic E-state index is -0.0759. The summed E-state index contributed by atoms with van der Waals surface area (Å²) in [5.41, 5.74) is 4.09. The molecule has 2 bridgehead atoms. The molecule has 0 unspecified atom stereocenters. The normalized spacial score (nSPS) is 33.4. The van der Waals surface area contributed by atoms with Gasteiger partial charge in [-0.3, -0.25) is 0 Å². The molecule has 1 spiro atoms. The zero-order valence-electron chi connectivity index (χ0n) is 12.8. The van der Waals surface area contributed by atoms with E-state index >= 15 is 0 Å². The number of methoxy groups -OCH3 is 2. The second kappa shape index (κ2) is 4.07. The highest BCUT2D eigenvalue weighted by Gasteiger charge is 2.61. The summed E-state index contributed by atoms with van der Waals surface area (Å²) >= 11 is 0. The number of hydrogen-bond donors (Lipinski definition) is 1. The first-order chi connectivity index (χ1) is 10.8. The molecule has 2 aliphatic heterocycles. The topological polar surface area (TPSA) is 39.7 Å². The summed E-state index contributed by atoms with van der Waals surface area (Å²) in [7, 11) is 3.44. The molecule has 1 aromatic rings. The molecule has 0 saturated carbocycles. The third-order valence-electron chi connectivity index (χ3n) is 5.70. The van der Waals surface area contributed by atoms with Gasteiger partial charge in [0.25, 0.3) is 0 Å². The van der Waals surface area contributed by atoms with E-state index in [1.165, 1.54) is 16.7 Å². The Labute approximate surface area is 129 Å². The summed E-state index contributed by atoms with van der Waals surface area (Å²) in [6, 6.07) is 4.64. The van der Waals surface area contributed by atoms with E-state index in [9.17, 15) is 0 Å². The van der Waals surface area contributed by atoms with Gasteiger partial charge in [0, 0.05) is 11.6 Å². The second-order valence-electron chi connectivity index (χ2n) is 6.46. The van der Waals surface area contributed by atoms with E-state index in [0.29, 0.717) is 6.04 Å². The van der Waals surface area contributed by atoms with Crippen LogP contribution in [0.25, 0.3) is 0 Å². The molecule has 0 amide bonds. The highest BCUT2D eigenvalue weighted by molar-refractivity contribution is 5.67. The lowest BCUT2D eigenvalue weighted by atomic mass is 9.58. The number of allylic oxidation sites excluding steroid dienone is 2. The second-order valence-corrected chi connectivity index (χ2v) is 6.46. The molecule has 3 atom stereocenters. The van der Waals surface area contributed by atoms with Gasteiger partial charge < -0.3 is 19.5 Å². The first-order valence-electron chi connectivity index (χ1n) is 7.86. The van der Waals surface area contributed by atoms with Gasteiger partial charge in [0.1, 0.15) is 5.76 Å². The van der Waals surface area contributed by atoms with Crippen LogP contribution in [0.1, 0.15) is 17.5 Å². The molecular formula is C18H19NO3. The largest absolute Gasteiger partial charge is 0.497 e. The summed E-state index contributed by atoms with van der Waals surface area (Å²) in [6.45, 7) is 1.01. The molecule has 5 rings (SSSR count). The number of ether oxygens (including phenoxy) is 3. The molecule has 2 heterocycles. The van der Waals surface area contributed by atoms with E-state index in [4.69, 9.17) is 14.2 Å². The summed E-state index contributed by atoms with van der Waals surface area (Å²) in [6.07, 6.45) is 6.31. The zero-order valence-corrected chi connectivity index (χ0v) is 12.8. The van der Waals surface area contributed by atoms with Crippen molar-refractivity contribution >= 4 is 0 Å². The van der Waals surface area contributed by atoms with E-state index in [0.717, 1.165) is 36.6 Å². The van der Waals surface area contributed by atoms with Gasteiger partial charge in [-0.2, -0.15) is 0 Å². The van der Waals surface area contributed by atoms with Crippen LogP contribution in [0.5, 0.6) is 11.5 Å². The van der Waals surface area contributed by atoms with Crippen molar-refractivity contribution < 1.29 is 14.2 Å². The van der Waals surface area contributed by atoms with Gasteiger partial charge >= 0.3 is 0 Å². The fraction of sp³-hybridized carbons (Fsp3) is 0.444. The maximum atomic E-state index is 6.42. The van der Waals surface area contributed by atoms with Crippen molar-refractivity contribution in [1.82, 2.24) is 5.32 Å². The Hall–Kier alpha value is -1.94. The Bertz CT molecular complexity index is 736. The highest BCUT2D eigenvalue weighted by atomic mass is 16.6. The van der Waals surface area contributed by atoms with Gasteiger partial charge in [-0.15, -0.1) is 0 Å². The van der Waals surface area contributed by atoms with Crippen LogP contribution in [-0.2, 0) is 16.6 Å². The summed E-state index contributed by atoms with van der Waals surface area (Å²) in [5, 5.41) is 3.67. The van der Waals surface area contributed by atoms with Gasteiger partial charge in [0.15, 0.2) is 17.6 Å². The van der Waals surface area contributed by atoms with Crippen LogP contribution in [0.15, 0.2) is 35.6 Å². The quantitative estimate of drug-likeness (QED) is 0.907. The lowest BCUT2D eigenvalue weighted by molar-refractivity contribution is 0.0998. The van der Waals surface area contributed by atoms with Crippen molar-refractivity contribution in [3.8, 4) is 11.5 Å². The van der Waals surface area contributed by atoms with Gasteiger partial charge in [-0.25, -0.2) is 0 Å². The fourth-order valence-electron chi connectivity index (χ4n) is 4.85. The predicted octanol–water partition coefficient (Wildman–Crippen LogP) is 2.08. The maximum Gasteiger partial charge on any atom is 0.169 e. The molecule has 0 aromatic heterocycles. The number of nitrogens with one attached hydrogen (secondary N) is 1. The van der Waals surface area contributed by atoms with Gasteiger partial charge in [0.05, 0.1) is 19.6 Å². The van der Waals surface area contributed by atoms with Crippen LogP contribution in [-0.4, -0.2) is 32.9 Å². The molecule has 1 aromatic carbocycles. The summed E-state index contributed by atoms with van der Waals surface area (Å²) in [5.74, 6) is 2.66. The molecule has 2 aliphatic carbocycles. The highest BCUT2D eigenvalue weighted by Crippen LogP contribution is 2.61. The molecule has 1 saturated heterocycles. The van der Waals surface area contributed by atoms with Crippen molar-refractivity contribution in [2.24, 2.45) is 0 Å². The van der Waals surface area contributed by atoms with E-state index < -0.39 is 0 Å².